The molecule has 0 heterocycles. The van der Waals surface area contributed by atoms with Crippen LogP contribution in [0.1, 0.15) is 52.9 Å². The first-order valence-corrected chi connectivity index (χ1v) is 5.86. The van der Waals surface area contributed by atoms with Gasteiger partial charge in [-0.25, -0.2) is 0 Å². The summed E-state index contributed by atoms with van der Waals surface area (Å²) in [5, 5.41) is -0.534. The van der Waals surface area contributed by atoms with E-state index in [9.17, 15) is 4.79 Å². The lowest BCUT2D eigenvalue weighted by molar-refractivity contribution is -0.147. The fraction of sp³-hybridized carbons (Fsp3) is 0.909. The lowest BCUT2D eigenvalue weighted by Crippen LogP contribution is -2.20. The largest absolute Gasteiger partial charge is 0.462 e. The summed E-state index contributed by atoms with van der Waals surface area (Å²) in [6.07, 6.45) is 5.77. The van der Waals surface area contributed by atoms with Crippen LogP contribution >= 0.6 is 11.6 Å². The zero-order valence-corrected chi connectivity index (χ0v) is 10.1. The summed E-state index contributed by atoms with van der Waals surface area (Å²) in [6.45, 7) is 5.73. The minimum Gasteiger partial charge on any atom is -0.462 e. The van der Waals surface area contributed by atoms with E-state index in [-0.39, 0.29) is 12.1 Å². The van der Waals surface area contributed by atoms with E-state index in [1.165, 1.54) is 19.3 Å². The second-order valence-electron chi connectivity index (χ2n) is 3.71. The van der Waals surface area contributed by atoms with Crippen molar-refractivity contribution in [2.24, 2.45) is 0 Å². The molecule has 3 heteroatoms. The summed E-state index contributed by atoms with van der Waals surface area (Å²) in [6, 6.07) is 0. The van der Waals surface area contributed by atoms with Crippen LogP contribution in [0, 0.1) is 0 Å². The first-order valence-electron chi connectivity index (χ1n) is 5.42. The van der Waals surface area contributed by atoms with Crippen molar-refractivity contribution in [3.63, 3.8) is 0 Å². The summed E-state index contributed by atoms with van der Waals surface area (Å²) in [5.41, 5.74) is 0. The van der Waals surface area contributed by atoms with Crippen molar-refractivity contribution >= 4 is 17.6 Å². The van der Waals surface area contributed by atoms with Gasteiger partial charge in [0, 0.05) is 0 Å². The number of esters is 1. The van der Waals surface area contributed by atoms with E-state index in [2.05, 4.69) is 6.92 Å². The lowest BCUT2D eigenvalue weighted by Gasteiger charge is -2.13. The van der Waals surface area contributed by atoms with Crippen molar-refractivity contribution in [1.82, 2.24) is 0 Å². The third-order valence-electron chi connectivity index (χ3n) is 2.11. The molecule has 0 unspecified atom stereocenters. The van der Waals surface area contributed by atoms with E-state index in [0.29, 0.717) is 0 Å². The maximum absolute atomic E-state index is 11.1. The smallest absolute Gasteiger partial charge is 0.324 e. The standard InChI is InChI=1S/C11H21ClO2/c1-4-5-6-7-8-9(2)14-11(13)10(3)12/h9-10H,4-8H2,1-3H3/t9-,10+/m0/s1. The molecule has 84 valence electrons. The summed E-state index contributed by atoms with van der Waals surface area (Å²) < 4.78 is 5.12. The molecule has 2 atom stereocenters. The van der Waals surface area contributed by atoms with E-state index in [1.54, 1.807) is 6.92 Å². The van der Waals surface area contributed by atoms with Crippen LogP contribution in [0.2, 0.25) is 0 Å². The number of hydrogen-bond donors (Lipinski definition) is 0. The maximum atomic E-state index is 11.1. The van der Waals surface area contributed by atoms with Gasteiger partial charge in [0.1, 0.15) is 5.38 Å². The highest BCUT2D eigenvalue weighted by molar-refractivity contribution is 6.29. The second-order valence-corrected chi connectivity index (χ2v) is 4.37. The molecule has 0 saturated heterocycles. The van der Waals surface area contributed by atoms with Crippen molar-refractivity contribution in [1.29, 1.82) is 0 Å². The molecule has 14 heavy (non-hydrogen) atoms. The van der Waals surface area contributed by atoms with Crippen LogP contribution in [-0.2, 0) is 9.53 Å². The summed E-state index contributed by atoms with van der Waals surface area (Å²) in [4.78, 5) is 11.1. The molecule has 0 fully saturated rings. The van der Waals surface area contributed by atoms with Crippen molar-refractivity contribution in [3.8, 4) is 0 Å². The molecule has 0 aliphatic rings. The highest BCUT2D eigenvalue weighted by atomic mass is 35.5. The average molecular weight is 221 g/mol. The molecule has 0 aromatic heterocycles. The molecule has 0 saturated carbocycles. The van der Waals surface area contributed by atoms with E-state index in [4.69, 9.17) is 16.3 Å². The molecule has 0 aromatic carbocycles. The predicted molar refractivity (Wildman–Crippen MR) is 59.6 cm³/mol. The zero-order valence-electron chi connectivity index (χ0n) is 9.38. The van der Waals surface area contributed by atoms with Gasteiger partial charge < -0.3 is 4.74 Å². The van der Waals surface area contributed by atoms with E-state index in [0.717, 1.165) is 12.8 Å². The van der Waals surface area contributed by atoms with Gasteiger partial charge in [0.25, 0.3) is 0 Å². The van der Waals surface area contributed by atoms with Crippen LogP contribution in [0.5, 0.6) is 0 Å². The van der Waals surface area contributed by atoms with Gasteiger partial charge in [-0.15, -0.1) is 11.6 Å². The van der Waals surface area contributed by atoms with Gasteiger partial charge in [-0.2, -0.15) is 0 Å². The molecule has 0 rings (SSSR count). The molecule has 0 N–H and O–H groups in total. The average Bonchev–Trinajstić information content (AvgIpc) is 2.12. The van der Waals surface area contributed by atoms with E-state index in [1.807, 2.05) is 6.92 Å². The molecular weight excluding hydrogens is 200 g/mol. The summed E-state index contributed by atoms with van der Waals surface area (Å²) in [5.74, 6) is -0.311. The zero-order chi connectivity index (χ0) is 11.0. The quantitative estimate of drug-likeness (QED) is 0.373. The molecule has 0 radical (unpaired) electrons. The first kappa shape index (κ1) is 13.8. The van der Waals surface area contributed by atoms with Crippen LogP contribution in [0.3, 0.4) is 0 Å². The molecule has 0 bridgehead atoms. The van der Waals surface area contributed by atoms with Crippen LogP contribution in [0.25, 0.3) is 0 Å². The van der Waals surface area contributed by atoms with Crippen LogP contribution < -0.4 is 0 Å². The Morgan fingerprint density at radius 1 is 1.29 bits per heavy atom. The molecule has 0 amide bonds. The predicted octanol–water partition coefficient (Wildman–Crippen LogP) is 3.52. The number of halogens is 1. The fourth-order valence-corrected chi connectivity index (χ4v) is 1.26. The summed E-state index contributed by atoms with van der Waals surface area (Å²) >= 11 is 5.58. The number of alkyl halides is 1. The monoisotopic (exact) mass is 220 g/mol. The third-order valence-corrected chi connectivity index (χ3v) is 2.28. The van der Waals surface area contributed by atoms with Gasteiger partial charge in [-0.1, -0.05) is 26.2 Å². The van der Waals surface area contributed by atoms with E-state index < -0.39 is 5.38 Å². The Balaban J connectivity index is 3.45. The number of rotatable bonds is 7. The lowest BCUT2D eigenvalue weighted by atomic mass is 10.1. The molecular formula is C11H21ClO2. The fourth-order valence-electron chi connectivity index (χ4n) is 1.21. The third kappa shape index (κ3) is 7.19. The Kier molecular flexibility index (Phi) is 7.96. The van der Waals surface area contributed by atoms with Crippen molar-refractivity contribution in [2.75, 3.05) is 0 Å². The highest BCUT2D eigenvalue weighted by Gasteiger charge is 2.13. The Bertz CT molecular complexity index is 157. The normalized spacial score (nSPS) is 14.9. The highest BCUT2D eigenvalue weighted by Crippen LogP contribution is 2.09. The number of unbranched alkanes of at least 4 members (excludes halogenated alkanes) is 3. The van der Waals surface area contributed by atoms with Crippen molar-refractivity contribution in [3.05, 3.63) is 0 Å². The number of hydrogen-bond acceptors (Lipinski definition) is 2. The number of carbonyl (C=O) groups is 1. The molecule has 0 aromatic rings. The Morgan fingerprint density at radius 3 is 2.43 bits per heavy atom. The molecule has 2 nitrogen and oxygen atoms in total. The minimum absolute atomic E-state index is 0.000515. The Labute approximate surface area is 92.0 Å². The van der Waals surface area contributed by atoms with Crippen molar-refractivity contribution in [2.45, 2.75) is 64.4 Å². The molecule has 0 aliphatic carbocycles. The maximum Gasteiger partial charge on any atom is 0.324 e. The Hall–Kier alpha value is -0.240. The SMILES string of the molecule is CCCCCC[C@H](C)OC(=O)[C@@H](C)Cl. The summed E-state index contributed by atoms with van der Waals surface area (Å²) in [7, 11) is 0. The minimum atomic E-state index is -0.534. The second kappa shape index (κ2) is 8.10. The van der Waals surface area contributed by atoms with Gasteiger partial charge in [-0.05, 0) is 26.7 Å². The van der Waals surface area contributed by atoms with Gasteiger partial charge in [0.2, 0.25) is 0 Å². The van der Waals surface area contributed by atoms with Gasteiger partial charge in [0.05, 0.1) is 6.10 Å². The van der Waals surface area contributed by atoms with Gasteiger partial charge in [0.15, 0.2) is 0 Å². The van der Waals surface area contributed by atoms with Crippen LogP contribution in [0.15, 0.2) is 0 Å². The topological polar surface area (TPSA) is 26.3 Å². The van der Waals surface area contributed by atoms with Gasteiger partial charge >= 0.3 is 5.97 Å². The van der Waals surface area contributed by atoms with Crippen molar-refractivity contribution < 1.29 is 9.53 Å². The first-order chi connectivity index (χ1) is 6.57. The molecule has 0 aliphatic heterocycles. The van der Waals surface area contributed by atoms with E-state index >= 15 is 0 Å². The number of carbonyl (C=O) groups excluding carboxylic acids is 1. The van der Waals surface area contributed by atoms with Crippen LogP contribution in [0.4, 0.5) is 0 Å². The molecule has 0 spiro atoms. The van der Waals surface area contributed by atoms with Gasteiger partial charge in [-0.3, -0.25) is 4.79 Å². The number of ether oxygens (including phenoxy) is 1. The van der Waals surface area contributed by atoms with Crippen LogP contribution in [-0.4, -0.2) is 17.5 Å². The Morgan fingerprint density at radius 2 is 1.93 bits per heavy atom.